The lowest BCUT2D eigenvalue weighted by atomic mass is 9.44. The van der Waals surface area contributed by atoms with Crippen LogP contribution in [0.5, 0.6) is 0 Å². The number of aliphatic hydroxyl groups excluding tert-OH is 3. The molecule has 3 fully saturated rings. The quantitative estimate of drug-likeness (QED) is 0.342. The summed E-state index contributed by atoms with van der Waals surface area (Å²) >= 11 is 0. The Morgan fingerprint density at radius 1 is 1.14 bits per heavy atom. The summed E-state index contributed by atoms with van der Waals surface area (Å²) in [6.07, 6.45) is 5.27. The van der Waals surface area contributed by atoms with Gasteiger partial charge in [0.25, 0.3) is 0 Å². The van der Waals surface area contributed by atoms with Crippen molar-refractivity contribution in [3.05, 3.63) is 23.8 Å². The number of ketones is 2. The van der Waals surface area contributed by atoms with E-state index < -0.39 is 64.5 Å². The van der Waals surface area contributed by atoms with Gasteiger partial charge in [-0.15, -0.1) is 0 Å². The molecule has 8 heteroatoms. The van der Waals surface area contributed by atoms with Gasteiger partial charge in [0.2, 0.25) is 11.4 Å². The molecule has 0 bridgehead atoms. The van der Waals surface area contributed by atoms with Gasteiger partial charge in [0.05, 0.1) is 6.10 Å². The smallest absolute Gasteiger partial charge is 0.306 e. The molecule has 3 saturated carbocycles. The second-order valence-electron chi connectivity index (χ2n) is 11.6. The Morgan fingerprint density at radius 2 is 1.86 bits per heavy atom. The molecule has 0 aromatic heterocycles. The van der Waals surface area contributed by atoms with Gasteiger partial charge in [-0.25, -0.2) is 4.39 Å². The molecule has 0 heterocycles. The van der Waals surface area contributed by atoms with Crippen LogP contribution in [0.4, 0.5) is 4.39 Å². The van der Waals surface area contributed by atoms with E-state index in [1.165, 1.54) is 18.2 Å². The van der Waals surface area contributed by atoms with Gasteiger partial charge < -0.3 is 20.1 Å². The Bertz CT molecular complexity index is 990. The van der Waals surface area contributed by atoms with E-state index in [9.17, 15) is 29.7 Å². The molecular weight excluding hydrogens is 467 g/mol. The number of unbranched alkanes of at least 4 members (excludes halogenated alkanes) is 3. The van der Waals surface area contributed by atoms with Crippen LogP contribution in [0.1, 0.15) is 78.6 Å². The van der Waals surface area contributed by atoms with Gasteiger partial charge in [-0.1, -0.05) is 44.8 Å². The minimum absolute atomic E-state index is 0.00613. The number of Topliss-reactive ketones (excluding diaryl/α,β-unsaturated/α-hetero) is 1. The Kier molecular flexibility index (Phi) is 7.12. The summed E-state index contributed by atoms with van der Waals surface area (Å²) in [7, 11) is 0. The number of rotatable bonds is 8. The lowest BCUT2D eigenvalue weighted by molar-refractivity contribution is -0.231. The first-order valence-corrected chi connectivity index (χ1v) is 13.3. The third kappa shape index (κ3) is 3.58. The molecule has 0 spiro atoms. The molecule has 200 valence electrons. The number of aliphatic hydroxyl groups is 3. The highest BCUT2D eigenvalue weighted by molar-refractivity contribution is 6.01. The van der Waals surface area contributed by atoms with Crippen LogP contribution in [0.15, 0.2) is 23.8 Å². The zero-order chi connectivity index (χ0) is 26.5. The first kappa shape index (κ1) is 27.1. The van der Waals surface area contributed by atoms with Crippen molar-refractivity contribution >= 4 is 17.5 Å². The van der Waals surface area contributed by atoms with Gasteiger partial charge in [-0.05, 0) is 57.1 Å². The lowest BCUT2D eigenvalue weighted by Crippen LogP contribution is -2.70. The van der Waals surface area contributed by atoms with Crippen LogP contribution < -0.4 is 0 Å². The molecule has 8 atom stereocenters. The van der Waals surface area contributed by atoms with E-state index in [-0.39, 0.29) is 25.0 Å². The van der Waals surface area contributed by atoms with Gasteiger partial charge in [0.15, 0.2) is 11.5 Å². The highest BCUT2D eigenvalue weighted by Crippen LogP contribution is 2.70. The van der Waals surface area contributed by atoms with E-state index in [0.29, 0.717) is 24.8 Å². The van der Waals surface area contributed by atoms with Crippen LogP contribution in [0.25, 0.3) is 0 Å². The van der Waals surface area contributed by atoms with E-state index in [4.69, 9.17) is 4.74 Å². The largest absolute Gasteiger partial charge is 0.447 e. The van der Waals surface area contributed by atoms with Crippen LogP contribution in [-0.2, 0) is 19.1 Å². The third-order valence-electron chi connectivity index (χ3n) is 9.89. The normalized spacial score (nSPS) is 43.3. The van der Waals surface area contributed by atoms with Gasteiger partial charge in [-0.3, -0.25) is 14.4 Å². The average molecular weight is 507 g/mol. The van der Waals surface area contributed by atoms with Crippen molar-refractivity contribution in [3.8, 4) is 0 Å². The first-order valence-electron chi connectivity index (χ1n) is 13.3. The number of carbonyl (C=O) groups excluding carboxylic acids is 3. The van der Waals surface area contributed by atoms with Crippen molar-refractivity contribution in [1.82, 2.24) is 0 Å². The van der Waals surface area contributed by atoms with Crippen LogP contribution >= 0.6 is 0 Å². The molecule has 8 unspecified atom stereocenters. The fraction of sp³-hybridized carbons (Fsp3) is 0.750. The Hall–Kier alpha value is -1.90. The molecule has 0 radical (unpaired) electrons. The van der Waals surface area contributed by atoms with Crippen LogP contribution in [0.3, 0.4) is 0 Å². The number of fused-ring (bicyclic) bond motifs is 5. The minimum Gasteiger partial charge on any atom is -0.447 e. The number of halogens is 1. The Balaban J connectivity index is 1.72. The molecule has 0 aromatic rings. The number of esters is 1. The fourth-order valence-corrected chi connectivity index (χ4v) is 8.00. The summed E-state index contributed by atoms with van der Waals surface area (Å²) in [5.41, 5.74) is -6.06. The van der Waals surface area contributed by atoms with E-state index in [1.54, 1.807) is 13.8 Å². The Labute approximate surface area is 211 Å². The maximum Gasteiger partial charge on any atom is 0.306 e. The van der Waals surface area contributed by atoms with E-state index >= 15 is 4.39 Å². The van der Waals surface area contributed by atoms with Crippen LogP contribution in [0, 0.1) is 22.7 Å². The number of hydrogen-bond acceptors (Lipinski definition) is 7. The zero-order valence-corrected chi connectivity index (χ0v) is 21.5. The standard InChI is InChI=1S/C28H39FO7/c1-4-5-6-7-8-24(35)36-28(23(34)16-30)21(32)14-20-19-10-9-17-13-18(31)11-12-25(17,2)27(19,29)22(33)15-26(20,28)3/h11-13,19-22,30,32-33H,4-10,14-16H2,1-3H3. The molecule has 7 nitrogen and oxygen atoms in total. The zero-order valence-electron chi connectivity index (χ0n) is 21.5. The predicted octanol–water partition coefficient (Wildman–Crippen LogP) is 3.14. The maximum atomic E-state index is 17.3. The molecule has 36 heavy (non-hydrogen) atoms. The minimum atomic E-state index is -2.14. The van der Waals surface area contributed by atoms with Gasteiger partial charge in [0, 0.05) is 23.2 Å². The van der Waals surface area contributed by atoms with E-state index in [1.807, 2.05) is 6.92 Å². The van der Waals surface area contributed by atoms with Gasteiger partial charge in [-0.2, -0.15) is 0 Å². The summed E-state index contributed by atoms with van der Waals surface area (Å²) < 4.78 is 23.1. The molecule has 4 aliphatic rings. The molecule has 3 N–H and O–H groups in total. The second kappa shape index (κ2) is 9.44. The van der Waals surface area contributed by atoms with Crippen molar-refractivity contribution in [2.24, 2.45) is 22.7 Å². The molecule has 0 aromatic carbocycles. The summed E-state index contributed by atoms with van der Waals surface area (Å²) in [5.74, 6) is -3.03. The number of allylic oxidation sites excluding steroid dienone is 4. The molecular formula is C28H39FO7. The van der Waals surface area contributed by atoms with Crippen molar-refractivity contribution < 1.29 is 38.8 Å². The predicted molar refractivity (Wildman–Crippen MR) is 129 cm³/mol. The maximum absolute atomic E-state index is 17.3. The second-order valence-corrected chi connectivity index (χ2v) is 11.6. The fourth-order valence-electron chi connectivity index (χ4n) is 8.00. The van der Waals surface area contributed by atoms with E-state index in [0.717, 1.165) is 19.3 Å². The molecule has 4 aliphatic carbocycles. The monoisotopic (exact) mass is 506 g/mol. The van der Waals surface area contributed by atoms with Crippen LogP contribution in [-0.4, -0.2) is 62.9 Å². The number of hydrogen-bond donors (Lipinski definition) is 3. The van der Waals surface area contributed by atoms with Crippen molar-refractivity contribution in [2.45, 2.75) is 102 Å². The number of carbonyl (C=O) groups is 3. The molecule has 0 amide bonds. The van der Waals surface area contributed by atoms with Gasteiger partial charge >= 0.3 is 5.97 Å². The summed E-state index contributed by atoms with van der Waals surface area (Å²) in [6, 6.07) is 0. The summed E-state index contributed by atoms with van der Waals surface area (Å²) in [6.45, 7) is 4.46. The van der Waals surface area contributed by atoms with Crippen LogP contribution in [0.2, 0.25) is 0 Å². The van der Waals surface area contributed by atoms with Crippen molar-refractivity contribution in [2.75, 3.05) is 6.61 Å². The van der Waals surface area contributed by atoms with Crippen molar-refractivity contribution in [1.29, 1.82) is 0 Å². The SMILES string of the molecule is CCCCCCC(=O)OC1(C(=O)CO)C(O)CC2C3CCC4=CC(=O)C=CC4(C)C3(F)C(O)CC21C. The molecule has 0 aliphatic heterocycles. The molecule has 0 saturated heterocycles. The number of alkyl halides is 1. The lowest BCUT2D eigenvalue weighted by Gasteiger charge is -2.62. The topological polar surface area (TPSA) is 121 Å². The first-order chi connectivity index (χ1) is 16.9. The highest BCUT2D eigenvalue weighted by Gasteiger charge is 2.77. The molecule has 4 rings (SSSR count). The summed E-state index contributed by atoms with van der Waals surface area (Å²) in [4.78, 5) is 38.2. The average Bonchev–Trinajstić information content (AvgIpc) is 3.04. The van der Waals surface area contributed by atoms with Crippen molar-refractivity contribution in [3.63, 3.8) is 0 Å². The Morgan fingerprint density at radius 3 is 2.53 bits per heavy atom. The highest BCUT2D eigenvalue weighted by atomic mass is 19.1. The third-order valence-corrected chi connectivity index (χ3v) is 9.89. The van der Waals surface area contributed by atoms with Gasteiger partial charge in [0.1, 0.15) is 12.7 Å². The summed E-state index contributed by atoms with van der Waals surface area (Å²) in [5, 5.41) is 32.6. The van der Waals surface area contributed by atoms with E-state index in [2.05, 4.69) is 0 Å². The number of ether oxygens (including phenoxy) is 1.